The summed E-state index contributed by atoms with van der Waals surface area (Å²) in [4.78, 5) is 34.9. The highest BCUT2D eigenvalue weighted by atomic mass is 35.5. The van der Waals surface area contributed by atoms with E-state index in [0.29, 0.717) is 21.9 Å². The van der Waals surface area contributed by atoms with E-state index >= 15 is 0 Å². The topological polar surface area (TPSA) is 105 Å². The zero-order valence-electron chi connectivity index (χ0n) is 15.4. The van der Waals surface area contributed by atoms with Crippen molar-refractivity contribution in [2.24, 2.45) is 5.10 Å². The zero-order chi connectivity index (χ0) is 21.5. The standard InChI is InChI=1S/C22H15ClN2O5/c23-18-3-1-2-17(12-18)22(29)30-19-10-4-14(5-11-19)13-24-25-20(26)15-6-8-16(9-7-15)21(27)28/h1-13H,(H,25,26)(H,27,28). The molecule has 0 atom stereocenters. The number of ether oxygens (including phenoxy) is 1. The predicted octanol–water partition coefficient (Wildman–Crippen LogP) is 4.02. The molecule has 2 N–H and O–H groups in total. The molecule has 0 heterocycles. The normalized spacial score (nSPS) is 10.6. The van der Waals surface area contributed by atoms with E-state index in [1.807, 2.05) is 0 Å². The number of hydrogen-bond acceptors (Lipinski definition) is 5. The summed E-state index contributed by atoms with van der Waals surface area (Å²) in [6.45, 7) is 0. The highest BCUT2D eigenvalue weighted by Gasteiger charge is 2.09. The Labute approximate surface area is 176 Å². The van der Waals surface area contributed by atoms with Gasteiger partial charge in [-0.3, -0.25) is 4.79 Å². The fourth-order valence-corrected chi connectivity index (χ4v) is 2.59. The minimum atomic E-state index is -1.07. The second-order valence-electron chi connectivity index (χ2n) is 6.05. The van der Waals surface area contributed by atoms with Crippen LogP contribution in [0.15, 0.2) is 77.9 Å². The van der Waals surface area contributed by atoms with E-state index in [4.69, 9.17) is 21.4 Å². The van der Waals surface area contributed by atoms with Gasteiger partial charge in [-0.05, 0) is 72.3 Å². The maximum absolute atomic E-state index is 12.1. The van der Waals surface area contributed by atoms with E-state index in [0.717, 1.165) is 0 Å². The van der Waals surface area contributed by atoms with Gasteiger partial charge in [-0.15, -0.1) is 0 Å². The lowest BCUT2D eigenvalue weighted by atomic mass is 10.1. The van der Waals surface area contributed by atoms with Crippen molar-refractivity contribution in [3.05, 3.63) is 100 Å². The summed E-state index contributed by atoms with van der Waals surface area (Å²) in [5, 5.41) is 13.2. The fraction of sp³-hybridized carbons (Fsp3) is 0. The van der Waals surface area contributed by atoms with Crippen molar-refractivity contribution in [3.8, 4) is 5.75 Å². The molecule has 8 heteroatoms. The summed E-state index contributed by atoms with van der Waals surface area (Å²) in [5.74, 6) is -1.73. The third-order valence-electron chi connectivity index (χ3n) is 3.92. The molecule has 3 aromatic rings. The van der Waals surface area contributed by atoms with Gasteiger partial charge < -0.3 is 9.84 Å². The minimum Gasteiger partial charge on any atom is -0.478 e. The van der Waals surface area contributed by atoms with E-state index in [1.165, 1.54) is 36.5 Å². The molecule has 1 amide bonds. The highest BCUT2D eigenvalue weighted by molar-refractivity contribution is 6.30. The number of benzene rings is 3. The third-order valence-corrected chi connectivity index (χ3v) is 4.16. The molecule has 30 heavy (non-hydrogen) atoms. The van der Waals surface area contributed by atoms with Gasteiger partial charge in [-0.25, -0.2) is 15.0 Å². The number of carboxylic acid groups (broad SMARTS) is 1. The van der Waals surface area contributed by atoms with Crippen LogP contribution in [0.3, 0.4) is 0 Å². The van der Waals surface area contributed by atoms with Gasteiger partial charge in [0.25, 0.3) is 5.91 Å². The largest absolute Gasteiger partial charge is 0.478 e. The maximum atomic E-state index is 12.1. The van der Waals surface area contributed by atoms with Gasteiger partial charge in [0, 0.05) is 10.6 Å². The Morgan fingerprint density at radius 1 is 0.900 bits per heavy atom. The fourth-order valence-electron chi connectivity index (χ4n) is 2.40. The van der Waals surface area contributed by atoms with Gasteiger partial charge >= 0.3 is 11.9 Å². The van der Waals surface area contributed by atoms with E-state index < -0.39 is 17.8 Å². The second-order valence-corrected chi connectivity index (χ2v) is 6.49. The van der Waals surface area contributed by atoms with Crippen molar-refractivity contribution >= 4 is 35.7 Å². The molecule has 7 nitrogen and oxygen atoms in total. The molecule has 0 saturated heterocycles. The Kier molecular flexibility index (Phi) is 6.56. The monoisotopic (exact) mass is 422 g/mol. The van der Waals surface area contributed by atoms with Gasteiger partial charge in [-0.1, -0.05) is 17.7 Å². The molecule has 0 spiro atoms. The summed E-state index contributed by atoms with van der Waals surface area (Å²) in [6, 6.07) is 18.4. The zero-order valence-corrected chi connectivity index (χ0v) is 16.2. The van der Waals surface area contributed by atoms with Crippen LogP contribution in [0.25, 0.3) is 0 Å². The van der Waals surface area contributed by atoms with Crippen molar-refractivity contribution in [3.63, 3.8) is 0 Å². The van der Waals surface area contributed by atoms with E-state index in [9.17, 15) is 14.4 Å². The molecular weight excluding hydrogens is 408 g/mol. The second kappa shape index (κ2) is 9.49. The number of nitrogens with one attached hydrogen (secondary N) is 1. The maximum Gasteiger partial charge on any atom is 0.343 e. The van der Waals surface area contributed by atoms with Gasteiger partial charge in [0.15, 0.2) is 0 Å². The van der Waals surface area contributed by atoms with Crippen LogP contribution in [0.4, 0.5) is 0 Å². The number of carbonyl (C=O) groups excluding carboxylic acids is 2. The molecule has 0 bridgehead atoms. The number of hydrazone groups is 1. The average molecular weight is 423 g/mol. The summed E-state index contributed by atoms with van der Waals surface area (Å²) < 4.78 is 5.28. The summed E-state index contributed by atoms with van der Waals surface area (Å²) in [7, 11) is 0. The van der Waals surface area contributed by atoms with Crippen LogP contribution >= 0.6 is 11.6 Å². The lowest BCUT2D eigenvalue weighted by Crippen LogP contribution is -2.17. The number of carboxylic acids is 1. The molecule has 0 radical (unpaired) electrons. The molecule has 0 saturated carbocycles. The van der Waals surface area contributed by atoms with Crippen molar-refractivity contribution in [2.75, 3.05) is 0 Å². The Morgan fingerprint density at radius 2 is 1.57 bits per heavy atom. The average Bonchev–Trinajstić information content (AvgIpc) is 2.75. The van der Waals surface area contributed by atoms with Crippen LogP contribution in [0.1, 0.15) is 36.6 Å². The molecule has 0 unspecified atom stereocenters. The number of hydrogen-bond donors (Lipinski definition) is 2. The van der Waals surface area contributed by atoms with Crippen molar-refractivity contribution < 1.29 is 24.2 Å². The third kappa shape index (κ3) is 5.52. The van der Waals surface area contributed by atoms with Crippen LogP contribution in [-0.4, -0.2) is 29.2 Å². The van der Waals surface area contributed by atoms with E-state index in [2.05, 4.69) is 10.5 Å². The van der Waals surface area contributed by atoms with Crippen LogP contribution in [0.5, 0.6) is 5.75 Å². The first-order valence-corrected chi connectivity index (χ1v) is 9.05. The molecule has 0 aliphatic carbocycles. The molecule has 150 valence electrons. The van der Waals surface area contributed by atoms with Gasteiger partial charge in [0.2, 0.25) is 0 Å². The SMILES string of the molecule is O=C(O)c1ccc(C(=O)NN=Cc2ccc(OC(=O)c3cccc(Cl)c3)cc2)cc1. The number of nitrogens with zero attached hydrogens (tertiary/aromatic N) is 1. The van der Waals surface area contributed by atoms with Crippen LogP contribution in [0.2, 0.25) is 5.02 Å². The smallest absolute Gasteiger partial charge is 0.343 e. The molecule has 3 rings (SSSR count). The Morgan fingerprint density at radius 3 is 2.20 bits per heavy atom. The number of carbonyl (C=O) groups is 3. The molecule has 0 aliphatic rings. The number of rotatable bonds is 6. The lowest BCUT2D eigenvalue weighted by Gasteiger charge is -2.05. The van der Waals surface area contributed by atoms with Crippen molar-refractivity contribution in [1.29, 1.82) is 0 Å². The summed E-state index contributed by atoms with van der Waals surface area (Å²) in [6.07, 6.45) is 1.42. The summed E-state index contributed by atoms with van der Waals surface area (Å²) >= 11 is 5.87. The molecule has 0 aromatic heterocycles. The lowest BCUT2D eigenvalue weighted by molar-refractivity contribution is 0.0694. The van der Waals surface area contributed by atoms with Crippen molar-refractivity contribution in [1.82, 2.24) is 5.43 Å². The first-order valence-electron chi connectivity index (χ1n) is 8.67. The van der Waals surface area contributed by atoms with Gasteiger partial charge in [-0.2, -0.15) is 5.10 Å². The number of esters is 1. The molecular formula is C22H15ClN2O5. The van der Waals surface area contributed by atoms with Crippen LogP contribution in [-0.2, 0) is 0 Å². The Bertz CT molecular complexity index is 1110. The number of aromatic carboxylic acids is 1. The number of halogens is 1. The first kappa shape index (κ1) is 20.8. The number of amides is 1. The van der Waals surface area contributed by atoms with Crippen LogP contribution in [0, 0.1) is 0 Å². The molecule has 0 fully saturated rings. The predicted molar refractivity (Wildman–Crippen MR) is 111 cm³/mol. The first-order chi connectivity index (χ1) is 14.4. The van der Waals surface area contributed by atoms with Gasteiger partial charge in [0.05, 0.1) is 17.3 Å². The molecule has 0 aliphatic heterocycles. The van der Waals surface area contributed by atoms with E-state index in [1.54, 1.807) is 42.5 Å². The Balaban J connectivity index is 1.56. The quantitative estimate of drug-likeness (QED) is 0.270. The summed E-state index contributed by atoms with van der Waals surface area (Å²) in [5.41, 5.74) is 3.73. The Hall–Kier alpha value is -3.97. The minimum absolute atomic E-state index is 0.0891. The molecule has 3 aromatic carbocycles. The van der Waals surface area contributed by atoms with Crippen LogP contribution < -0.4 is 10.2 Å². The highest BCUT2D eigenvalue weighted by Crippen LogP contribution is 2.16. The van der Waals surface area contributed by atoms with Gasteiger partial charge in [0.1, 0.15) is 5.75 Å². The van der Waals surface area contributed by atoms with E-state index in [-0.39, 0.29) is 11.1 Å². The van der Waals surface area contributed by atoms with Crippen molar-refractivity contribution in [2.45, 2.75) is 0 Å².